The van der Waals surface area contributed by atoms with Crippen molar-refractivity contribution in [1.82, 2.24) is 0 Å². The summed E-state index contributed by atoms with van der Waals surface area (Å²) in [5.41, 5.74) is 0.0613. The van der Waals surface area contributed by atoms with E-state index < -0.39 is 5.82 Å². The van der Waals surface area contributed by atoms with Gasteiger partial charge in [-0.2, -0.15) is 0 Å². The quantitative estimate of drug-likeness (QED) is 0.738. The zero-order valence-electron chi connectivity index (χ0n) is 8.46. The number of carbonyl (C=O) groups excluding carboxylic acids is 1. The summed E-state index contributed by atoms with van der Waals surface area (Å²) in [5.74, 6) is -0.879. The Labute approximate surface area is 101 Å². The molecule has 0 saturated carbocycles. The predicted octanol–water partition coefficient (Wildman–Crippen LogP) is 4.08. The maximum atomic E-state index is 13.5. The SMILES string of the molecule is Cc1ccc(C(=O)c2ccc(Cl)cc2F)s1. The molecule has 0 aliphatic carbocycles. The molecule has 0 aliphatic rings. The Balaban J connectivity index is 2.41. The molecule has 1 aromatic carbocycles. The number of benzene rings is 1. The van der Waals surface area contributed by atoms with E-state index in [1.54, 1.807) is 6.07 Å². The van der Waals surface area contributed by atoms with E-state index in [4.69, 9.17) is 11.6 Å². The van der Waals surface area contributed by atoms with Crippen molar-refractivity contribution < 1.29 is 9.18 Å². The number of halogens is 2. The van der Waals surface area contributed by atoms with Gasteiger partial charge in [0.15, 0.2) is 0 Å². The first-order chi connectivity index (χ1) is 7.58. The van der Waals surface area contributed by atoms with E-state index in [1.165, 1.54) is 23.5 Å². The second-order valence-electron chi connectivity index (χ2n) is 3.36. The normalized spacial score (nSPS) is 10.4. The third-order valence-corrected chi connectivity index (χ3v) is 3.37. The van der Waals surface area contributed by atoms with Crippen molar-refractivity contribution in [2.24, 2.45) is 0 Å². The van der Waals surface area contributed by atoms with Gasteiger partial charge in [0.25, 0.3) is 0 Å². The van der Waals surface area contributed by atoms with Crippen LogP contribution in [-0.2, 0) is 0 Å². The van der Waals surface area contributed by atoms with E-state index in [9.17, 15) is 9.18 Å². The van der Waals surface area contributed by atoms with E-state index >= 15 is 0 Å². The van der Waals surface area contributed by atoms with Gasteiger partial charge in [-0.25, -0.2) is 4.39 Å². The second-order valence-corrected chi connectivity index (χ2v) is 5.09. The minimum Gasteiger partial charge on any atom is -0.288 e. The van der Waals surface area contributed by atoms with Crippen LogP contribution in [0.1, 0.15) is 20.1 Å². The molecule has 0 fully saturated rings. The molecule has 0 bridgehead atoms. The van der Waals surface area contributed by atoms with Crippen LogP contribution in [0, 0.1) is 12.7 Å². The summed E-state index contributed by atoms with van der Waals surface area (Å²) in [5, 5.41) is 0.288. The fourth-order valence-electron chi connectivity index (χ4n) is 1.36. The first-order valence-corrected chi connectivity index (χ1v) is 5.83. The van der Waals surface area contributed by atoms with Crippen LogP contribution in [0.4, 0.5) is 4.39 Å². The van der Waals surface area contributed by atoms with Crippen LogP contribution in [0.5, 0.6) is 0 Å². The average Bonchev–Trinajstić information content (AvgIpc) is 2.64. The standard InChI is InChI=1S/C12H8ClFOS/c1-7-2-5-11(16-7)12(15)9-4-3-8(13)6-10(9)14/h2-6H,1H3. The molecule has 16 heavy (non-hydrogen) atoms. The number of aryl methyl sites for hydroxylation is 1. The summed E-state index contributed by atoms with van der Waals surface area (Å²) in [7, 11) is 0. The summed E-state index contributed by atoms with van der Waals surface area (Å²) in [6.07, 6.45) is 0. The van der Waals surface area contributed by atoms with Crippen LogP contribution < -0.4 is 0 Å². The molecule has 4 heteroatoms. The molecule has 0 N–H and O–H groups in total. The highest BCUT2D eigenvalue weighted by Crippen LogP contribution is 2.22. The number of ketones is 1. The van der Waals surface area contributed by atoms with E-state index in [1.807, 2.05) is 13.0 Å². The summed E-state index contributed by atoms with van der Waals surface area (Å²) in [6, 6.07) is 7.62. The molecule has 0 amide bonds. The van der Waals surface area contributed by atoms with Crippen LogP contribution in [0.2, 0.25) is 5.02 Å². The molecule has 0 saturated heterocycles. The number of hydrogen-bond acceptors (Lipinski definition) is 2. The molecule has 0 spiro atoms. The Hall–Kier alpha value is -1.19. The van der Waals surface area contributed by atoms with Crippen molar-refractivity contribution in [2.75, 3.05) is 0 Å². The first kappa shape index (κ1) is 11.3. The van der Waals surface area contributed by atoms with Crippen LogP contribution in [0.15, 0.2) is 30.3 Å². The minimum absolute atomic E-state index is 0.0613. The molecule has 82 valence electrons. The highest BCUT2D eigenvalue weighted by molar-refractivity contribution is 7.14. The second kappa shape index (κ2) is 4.36. The van der Waals surface area contributed by atoms with Crippen molar-refractivity contribution >= 4 is 28.7 Å². The largest absolute Gasteiger partial charge is 0.288 e. The molecule has 1 heterocycles. The van der Waals surface area contributed by atoms with Gasteiger partial charge < -0.3 is 0 Å². The maximum Gasteiger partial charge on any atom is 0.205 e. The molecule has 0 aliphatic heterocycles. The molecular formula is C12H8ClFOS. The van der Waals surface area contributed by atoms with Crippen molar-refractivity contribution in [3.8, 4) is 0 Å². The van der Waals surface area contributed by atoms with Gasteiger partial charge in [-0.1, -0.05) is 11.6 Å². The zero-order chi connectivity index (χ0) is 11.7. The zero-order valence-corrected chi connectivity index (χ0v) is 10.0. The highest BCUT2D eigenvalue weighted by Gasteiger charge is 2.15. The van der Waals surface area contributed by atoms with Gasteiger partial charge in [-0.05, 0) is 37.3 Å². The Kier molecular flexibility index (Phi) is 3.08. The Morgan fingerprint density at radius 1 is 1.31 bits per heavy atom. The lowest BCUT2D eigenvalue weighted by molar-refractivity contribution is 0.103. The fourth-order valence-corrected chi connectivity index (χ4v) is 2.34. The third-order valence-electron chi connectivity index (χ3n) is 2.14. The van der Waals surface area contributed by atoms with E-state index in [0.29, 0.717) is 4.88 Å². The molecule has 0 atom stereocenters. The highest BCUT2D eigenvalue weighted by atomic mass is 35.5. The first-order valence-electron chi connectivity index (χ1n) is 4.64. The van der Waals surface area contributed by atoms with Gasteiger partial charge in [0, 0.05) is 9.90 Å². The van der Waals surface area contributed by atoms with Gasteiger partial charge in [-0.3, -0.25) is 4.79 Å². The van der Waals surface area contributed by atoms with Crippen LogP contribution in [0.25, 0.3) is 0 Å². The van der Waals surface area contributed by atoms with Crippen molar-refractivity contribution in [1.29, 1.82) is 0 Å². The van der Waals surface area contributed by atoms with Crippen molar-refractivity contribution in [3.63, 3.8) is 0 Å². The van der Waals surface area contributed by atoms with Crippen molar-refractivity contribution in [3.05, 3.63) is 56.5 Å². The smallest absolute Gasteiger partial charge is 0.205 e. The van der Waals surface area contributed by atoms with Crippen LogP contribution >= 0.6 is 22.9 Å². The van der Waals surface area contributed by atoms with Crippen molar-refractivity contribution in [2.45, 2.75) is 6.92 Å². The van der Waals surface area contributed by atoms with Gasteiger partial charge in [0.1, 0.15) is 5.82 Å². The Morgan fingerprint density at radius 2 is 2.06 bits per heavy atom. The molecule has 0 radical (unpaired) electrons. The van der Waals surface area contributed by atoms with E-state index in [2.05, 4.69) is 0 Å². The van der Waals surface area contributed by atoms with Crippen LogP contribution in [0.3, 0.4) is 0 Å². The van der Waals surface area contributed by atoms with Crippen LogP contribution in [-0.4, -0.2) is 5.78 Å². The lowest BCUT2D eigenvalue weighted by atomic mass is 10.1. The lowest BCUT2D eigenvalue weighted by Gasteiger charge is -2.00. The summed E-state index contributed by atoms with van der Waals surface area (Å²) in [4.78, 5) is 13.5. The minimum atomic E-state index is -0.580. The third kappa shape index (κ3) is 2.15. The summed E-state index contributed by atoms with van der Waals surface area (Å²) < 4.78 is 13.5. The molecule has 1 nitrogen and oxygen atoms in total. The van der Waals surface area contributed by atoms with Gasteiger partial charge in [0.05, 0.1) is 10.4 Å². The molecule has 2 rings (SSSR count). The molecule has 2 aromatic rings. The van der Waals surface area contributed by atoms with E-state index in [-0.39, 0.29) is 16.4 Å². The number of hydrogen-bond donors (Lipinski definition) is 0. The fraction of sp³-hybridized carbons (Fsp3) is 0.0833. The van der Waals surface area contributed by atoms with Gasteiger partial charge in [-0.15, -0.1) is 11.3 Å². The van der Waals surface area contributed by atoms with Gasteiger partial charge in [0.2, 0.25) is 5.78 Å². The lowest BCUT2D eigenvalue weighted by Crippen LogP contribution is -2.01. The number of rotatable bonds is 2. The molecule has 1 aromatic heterocycles. The Morgan fingerprint density at radius 3 is 2.62 bits per heavy atom. The Bertz CT molecular complexity index is 548. The molecular weight excluding hydrogens is 247 g/mol. The number of carbonyl (C=O) groups is 1. The molecule has 0 unspecified atom stereocenters. The van der Waals surface area contributed by atoms with E-state index in [0.717, 1.165) is 10.9 Å². The van der Waals surface area contributed by atoms with Gasteiger partial charge >= 0.3 is 0 Å². The maximum absolute atomic E-state index is 13.5. The summed E-state index contributed by atoms with van der Waals surface area (Å²) >= 11 is 6.98. The number of thiophene rings is 1. The summed E-state index contributed by atoms with van der Waals surface area (Å²) in [6.45, 7) is 1.90. The monoisotopic (exact) mass is 254 g/mol. The topological polar surface area (TPSA) is 17.1 Å². The predicted molar refractivity (Wildman–Crippen MR) is 63.9 cm³/mol. The average molecular weight is 255 g/mol.